The fraction of sp³-hybridized carbons (Fsp3) is 0.667. The molecule has 2 aliphatic rings. The maximum Gasteiger partial charge on any atom is 0.490 e. The number of nitrogens with one attached hydrogen (secondary N) is 3. The van der Waals surface area contributed by atoms with Gasteiger partial charge < -0.3 is 31.1 Å². The average molecular weight is 562 g/mol. The summed E-state index contributed by atoms with van der Waals surface area (Å²) in [4.78, 5) is 57.3. The molecule has 2 atom stereocenters. The zero-order valence-corrected chi connectivity index (χ0v) is 19.9. The van der Waals surface area contributed by atoms with Crippen LogP contribution in [0.15, 0.2) is 12.2 Å². The van der Waals surface area contributed by atoms with E-state index < -0.39 is 54.6 Å². The smallest absolute Gasteiger partial charge is 0.480 e. The summed E-state index contributed by atoms with van der Waals surface area (Å²) in [5.74, 6) is -7.94. The van der Waals surface area contributed by atoms with Gasteiger partial charge >= 0.3 is 30.2 Å². The summed E-state index contributed by atoms with van der Waals surface area (Å²) >= 11 is 0. The zero-order valence-electron chi connectivity index (χ0n) is 19.9. The molecule has 0 aliphatic carbocycles. The lowest BCUT2D eigenvalue weighted by molar-refractivity contribution is -0.192. The van der Waals surface area contributed by atoms with E-state index in [1.807, 2.05) is 6.08 Å². The summed E-state index contributed by atoms with van der Waals surface area (Å²) in [6.07, 6.45) is -3.99. The van der Waals surface area contributed by atoms with Gasteiger partial charge in [0.05, 0.1) is 5.92 Å². The first-order valence-corrected chi connectivity index (χ1v) is 11.4. The normalized spacial score (nSPS) is 19.6. The first-order chi connectivity index (χ1) is 17.5. The van der Waals surface area contributed by atoms with Crippen molar-refractivity contribution < 1.29 is 60.5 Å². The molecular weight excluding hydrogens is 534 g/mol. The number of carbonyl (C=O) groups is 5. The summed E-state index contributed by atoms with van der Waals surface area (Å²) in [5.41, 5.74) is 0. The van der Waals surface area contributed by atoms with Gasteiger partial charge in [0.1, 0.15) is 6.04 Å². The molecule has 0 unspecified atom stereocenters. The number of likely N-dealkylation sites (tertiary alicyclic amines) is 1. The Morgan fingerprint density at radius 1 is 0.974 bits per heavy atom. The number of piperidine rings is 2. The number of allylic oxidation sites excluding steroid dienone is 1. The second-order valence-electron chi connectivity index (χ2n) is 8.48. The van der Waals surface area contributed by atoms with E-state index in [0.29, 0.717) is 25.3 Å². The Morgan fingerprint density at radius 2 is 1.55 bits per heavy atom. The Morgan fingerprint density at radius 3 is 2.05 bits per heavy atom. The molecule has 0 aromatic heterocycles. The van der Waals surface area contributed by atoms with Gasteiger partial charge in [0.15, 0.2) is 0 Å². The van der Waals surface area contributed by atoms with Crippen molar-refractivity contribution in [2.45, 2.75) is 44.1 Å². The number of halogens is 6. The Labute approximate surface area is 212 Å². The molecule has 2 heterocycles. The number of alkyl halides is 6. The number of rotatable bonds is 7. The maximum atomic E-state index is 12.4. The third kappa shape index (κ3) is 11.8. The minimum Gasteiger partial charge on any atom is -0.480 e. The highest BCUT2D eigenvalue weighted by Gasteiger charge is 2.41. The molecule has 38 heavy (non-hydrogen) atoms. The van der Waals surface area contributed by atoms with E-state index in [1.54, 1.807) is 0 Å². The van der Waals surface area contributed by atoms with E-state index in [-0.39, 0.29) is 12.5 Å². The summed E-state index contributed by atoms with van der Waals surface area (Å²) in [5, 5.41) is 23.0. The second-order valence-corrected chi connectivity index (χ2v) is 8.48. The molecule has 2 fully saturated rings. The fourth-order valence-electron chi connectivity index (χ4n) is 3.54. The Balaban J connectivity index is 0.000000905. The number of amides is 3. The number of hydrogen-bond donors (Lipinski definition) is 5. The highest BCUT2D eigenvalue weighted by molar-refractivity contribution is 5.89. The predicted molar refractivity (Wildman–Crippen MR) is 116 cm³/mol. The Kier molecular flexibility index (Phi) is 12.5. The number of hydrogen-bond acceptors (Lipinski definition) is 6. The monoisotopic (exact) mass is 562 g/mol. The molecule has 5 N–H and O–H groups in total. The van der Waals surface area contributed by atoms with Gasteiger partial charge in [-0.2, -0.15) is 26.3 Å². The lowest BCUT2D eigenvalue weighted by atomic mass is 9.96. The van der Waals surface area contributed by atoms with E-state index in [4.69, 9.17) is 15.0 Å². The van der Waals surface area contributed by atoms with Crippen molar-refractivity contribution >= 4 is 29.7 Å². The number of nitrogens with zero attached hydrogens (tertiary/aromatic N) is 1. The number of aliphatic carboxylic acids is 2. The van der Waals surface area contributed by atoms with Crippen LogP contribution in [0.1, 0.15) is 25.7 Å². The highest BCUT2D eigenvalue weighted by atomic mass is 19.4. The molecule has 2 rings (SSSR count). The van der Waals surface area contributed by atoms with Crippen LogP contribution in [0.5, 0.6) is 0 Å². The predicted octanol–water partition coefficient (Wildman–Crippen LogP) is 0.662. The molecule has 0 saturated carbocycles. The molecule has 2 saturated heterocycles. The molecular formula is C21H28F6N4O7. The summed E-state index contributed by atoms with van der Waals surface area (Å²) in [6, 6.07) is -1.92. The van der Waals surface area contributed by atoms with E-state index >= 15 is 0 Å². The first-order valence-electron chi connectivity index (χ1n) is 11.4. The van der Waals surface area contributed by atoms with Crippen LogP contribution in [0.4, 0.5) is 26.3 Å². The van der Waals surface area contributed by atoms with E-state index in [9.17, 15) is 45.5 Å². The van der Waals surface area contributed by atoms with Gasteiger partial charge in [0.2, 0.25) is 11.8 Å². The minimum atomic E-state index is -5.23. The van der Waals surface area contributed by atoms with Crippen LogP contribution in [-0.4, -0.2) is 95.9 Å². The van der Waals surface area contributed by atoms with E-state index in [0.717, 1.165) is 25.9 Å². The third-order valence-electron chi connectivity index (χ3n) is 5.58. The van der Waals surface area contributed by atoms with Crippen molar-refractivity contribution in [1.82, 2.24) is 20.9 Å². The van der Waals surface area contributed by atoms with Gasteiger partial charge in [-0.1, -0.05) is 6.08 Å². The van der Waals surface area contributed by atoms with Crippen LogP contribution in [-0.2, 0) is 24.0 Å². The van der Waals surface area contributed by atoms with E-state index in [1.165, 1.54) is 16.3 Å². The topological polar surface area (TPSA) is 165 Å². The maximum absolute atomic E-state index is 12.4. The van der Waals surface area contributed by atoms with Crippen LogP contribution in [0.3, 0.4) is 0 Å². The quantitative estimate of drug-likeness (QED) is 0.223. The van der Waals surface area contributed by atoms with Crippen molar-refractivity contribution in [3.05, 3.63) is 12.2 Å². The zero-order chi connectivity index (χ0) is 29.1. The molecule has 0 aromatic carbocycles. The van der Waals surface area contributed by atoms with Crippen molar-refractivity contribution in [2.75, 3.05) is 32.7 Å². The molecule has 11 nitrogen and oxygen atoms in total. The van der Waals surface area contributed by atoms with Crippen molar-refractivity contribution in [3.63, 3.8) is 0 Å². The van der Waals surface area contributed by atoms with Gasteiger partial charge in [-0.05, 0) is 50.8 Å². The van der Waals surface area contributed by atoms with Gasteiger partial charge in [0.25, 0.3) is 0 Å². The van der Waals surface area contributed by atoms with Gasteiger partial charge in [0, 0.05) is 19.6 Å². The van der Waals surface area contributed by atoms with Crippen LogP contribution in [0, 0.1) is 11.8 Å². The summed E-state index contributed by atoms with van der Waals surface area (Å²) < 4.78 is 68.7. The molecule has 0 aromatic rings. The van der Waals surface area contributed by atoms with Crippen LogP contribution in [0.25, 0.3) is 0 Å². The molecule has 3 amide bonds. The minimum absolute atomic E-state index is 0.133. The third-order valence-corrected chi connectivity index (χ3v) is 5.58. The molecule has 17 heteroatoms. The first kappa shape index (κ1) is 32.7. The molecule has 0 bridgehead atoms. The largest absolute Gasteiger partial charge is 0.490 e. The SMILES string of the molecule is O=C(NC[C@H](NC(=O)C(F)(F)F)C(=O)O)[C@@H]1CCCN(C(=O)/C=C/C2CCNCC2)C1.O=C(O)C(F)(F)F. The van der Waals surface area contributed by atoms with E-state index in [2.05, 4.69) is 10.6 Å². The average Bonchev–Trinajstić information content (AvgIpc) is 2.84. The highest BCUT2D eigenvalue weighted by Crippen LogP contribution is 2.19. The number of carboxylic acids is 2. The van der Waals surface area contributed by atoms with Crippen LogP contribution >= 0.6 is 0 Å². The van der Waals surface area contributed by atoms with Crippen molar-refractivity contribution in [3.8, 4) is 0 Å². The molecule has 2 aliphatic heterocycles. The lowest BCUT2D eigenvalue weighted by Crippen LogP contribution is -2.53. The number of carboxylic acid groups (broad SMARTS) is 2. The fourth-order valence-corrected chi connectivity index (χ4v) is 3.54. The molecule has 0 radical (unpaired) electrons. The van der Waals surface area contributed by atoms with Crippen molar-refractivity contribution in [1.29, 1.82) is 0 Å². The number of carbonyl (C=O) groups excluding carboxylic acids is 3. The lowest BCUT2D eigenvalue weighted by Gasteiger charge is -2.31. The second kappa shape index (κ2) is 14.5. The van der Waals surface area contributed by atoms with Gasteiger partial charge in [-0.25, -0.2) is 9.59 Å². The Hall–Kier alpha value is -3.37. The molecule has 216 valence electrons. The van der Waals surface area contributed by atoms with Crippen LogP contribution in [0.2, 0.25) is 0 Å². The standard InChI is InChI=1S/C19H27F3N4O5.C2HF3O2/c20-19(21,22)18(31)25-14(17(29)30)10-24-16(28)13-2-1-9-26(11-13)15(27)4-3-12-5-7-23-8-6-12;3-2(4,5)1(6)7/h3-4,12-14,23H,1-2,5-11H2,(H,24,28)(H,25,31)(H,29,30);(H,6,7)/b4-3+;/t13-,14+;/m1./s1. The van der Waals surface area contributed by atoms with Gasteiger partial charge in [-0.3, -0.25) is 14.4 Å². The van der Waals surface area contributed by atoms with Crippen LogP contribution < -0.4 is 16.0 Å². The summed E-state index contributed by atoms with van der Waals surface area (Å²) in [7, 11) is 0. The summed E-state index contributed by atoms with van der Waals surface area (Å²) in [6.45, 7) is 1.72. The Bertz CT molecular complexity index is 888. The van der Waals surface area contributed by atoms with Gasteiger partial charge in [-0.15, -0.1) is 0 Å². The molecule has 0 spiro atoms. The van der Waals surface area contributed by atoms with Crippen molar-refractivity contribution in [2.24, 2.45) is 11.8 Å².